The number of rotatable bonds is 3. The SMILES string of the molecule is CSC1CCCC1NC(=O)N1CCCC(c2ncc[nH]2)C1. The highest BCUT2D eigenvalue weighted by Gasteiger charge is 2.31. The van der Waals surface area contributed by atoms with E-state index < -0.39 is 0 Å². The molecule has 0 spiro atoms. The first-order valence-electron chi connectivity index (χ1n) is 7.85. The highest BCUT2D eigenvalue weighted by molar-refractivity contribution is 7.99. The molecule has 2 heterocycles. The monoisotopic (exact) mass is 308 g/mol. The number of nitrogens with one attached hydrogen (secondary N) is 2. The summed E-state index contributed by atoms with van der Waals surface area (Å²) in [6, 6.07) is 0.452. The lowest BCUT2D eigenvalue weighted by molar-refractivity contribution is 0.175. The predicted molar refractivity (Wildman–Crippen MR) is 85.6 cm³/mol. The van der Waals surface area contributed by atoms with Gasteiger partial charge in [0.05, 0.1) is 0 Å². The van der Waals surface area contributed by atoms with Crippen molar-refractivity contribution in [1.82, 2.24) is 20.2 Å². The fraction of sp³-hybridized carbons (Fsp3) is 0.733. The second-order valence-corrected chi connectivity index (χ2v) is 7.10. The Bertz CT molecular complexity index is 464. The van der Waals surface area contributed by atoms with Crippen LogP contribution in [0.15, 0.2) is 12.4 Å². The molecule has 1 saturated carbocycles. The first-order chi connectivity index (χ1) is 10.3. The molecule has 5 nitrogen and oxygen atoms in total. The summed E-state index contributed by atoms with van der Waals surface area (Å²) in [7, 11) is 0. The number of piperidine rings is 1. The normalized spacial score (nSPS) is 29.6. The summed E-state index contributed by atoms with van der Waals surface area (Å²) in [5.41, 5.74) is 0. The van der Waals surface area contributed by atoms with Crippen molar-refractivity contribution in [1.29, 1.82) is 0 Å². The molecule has 3 unspecified atom stereocenters. The van der Waals surface area contributed by atoms with Gasteiger partial charge in [-0.25, -0.2) is 9.78 Å². The maximum absolute atomic E-state index is 12.5. The Balaban J connectivity index is 1.57. The number of carbonyl (C=O) groups excluding carboxylic acids is 1. The van der Waals surface area contributed by atoms with Gasteiger partial charge in [0, 0.05) is 42.7 Å². The number of likely N-dealkylation sites (tertiary alicyclic amines) is 1. The number of imidazole rings is 1. The Labute approximate surface area is 130 Å². The van der Waals surface area contributed by atoms with Crippen LogP contribution in [0.5, 0.6) is 0 Å². The summed E-state index contributed by atoms with van der Waals surface area (Å²) in [6.45, 7) is 1.63. The Kier molecular flexibility index (Phi) is 4.73. The highest BCUT2D eigenvalue weighted by atomic mass is 32.2. The molecule has 1 aliphatic carbocycles. The average Bonchev–Trinajstić information content (AvgIpc) is 3.18. The van der Waals surface area contributed by atoms with Crippen LogP contribution < -0.4 is 5.32 Å². The molecule has 2 aliphatic rings. The molecule has 0 aromatic carbocycles. The highest BCUT2D eigenvalue weighted by Crippen LogP contribution is 2.29. The van der Waals surface area contributed by atoms with Crippen LogP contribution in [0.3, 0.4) is 0 Å². The molecule has 1 aromatic rings. The number of nitrogens with zero attached hydrogens (tertiary/aromatic N) is 2. The molecule has 1 saturated heterocycles. The van der Waals surface area contributed by atoms with Gasteiger partial charge in [-0.15, -0.1) is 0 Å². The van der Waals surface area contributed by atoms with Crippen molar-refractivity contribution in [3.05, 3.63) is 18.2 Å². The Morgan fingerprint density at radius 1 is 1.43 bits per heavy atom. The van der Waals surface area contributed by atoms with Crippen molar-refractivity contribution in [3.63, 3.8) is 0 Å². The summed E-state index contributed by atoms with van der Waals surface area (Å²) < 4.78 is 0. The first-order valence-corrected chi connectivity index (χ1v) is 9.14. The van der Waals surface area contributed by atoms with Gasteiger partial charge >= 0.3 is 6.03 Å². The van der Waals surface area contributed by atoms with Gasteiger partial charge in [0.1, 0.15) is 5.82 Å². The van der Waals surface area contributed by atoms with E-state index in [0.29, 0.717) is 17.2 Å². The molecule has 1 aliphatic heterocycles. The van der Waals surface area contributed by atoms with Crippen LogP contribution in [-0.4, -0.2) is 51.5 Å². The summed E-state index contributed by atoms with van der Waals surface area (Å²) in [5.74, 6) is 1.36. The van der Waals surface area contributed by atoms with E-state index in [4.69, 9.17) is 0 Å². The molecule has 21 heavy (non-hydrogen) atoms. The Morgan fingerprint density at radius 2 is 2.33 bits per heavy atom. The fourth-order valence-corrected chi connectivity index (χ4v) is 4.44. The van der Waals surface area contributed by atoms with E-state index in [-0.39, 0.29) is 6.03 Å². The standard InChI is InChI=1S/C15H24N4OS/c1-21-13-6-2-5-12(13)18-15(20)19-9-3-4-11(10-19)14-16-7-8-17-14/h7-8,11-13H,2-6,9-10H2,1H3,(H,16,17)(H,18,20). The van der Waals surface area contributed by atoms with Crippen LogP contribution in [0.1, 0.15) is 43.8 Å². The minimum absolute atomic E-state index is 0.109. The lowest BCUT2D eigenvalue weighted by Gasteiger charge is -2.33. The maximum Gasteiger partial charge on any atom is 0.317 e. The summed E-state index contributed by atoms with van der Waals surface area (Å²) in [4.78, 5) is 22.0. The second-order valence-electron chi connectivity index (χ2n) is 6.02. The minimum atomic E-state index is 0.109. The lowest BCUT2D eigenvalue weighted by atomic mass is 9.97. The van der Waals surface area contributed by atoms with Gasteiger partial charge in [-0.2, -0.15) is 11.8 Å². The van der Waals surface area contributed by atoms with Crippen LogP contribution in [0, 0.1) is 0 Å². The number of aromatic amines is 1. The number of thioether (sulfide) groups is 1. The van der Waals surface area contributed by atoms with Gasteiger partial charge in [-0.3, -0.25) is 0 Å². The van der Waals surface area contributed by atoms with E-state index in [1.807, 2.05) is 22.9 Å². The van der Waals surface area contributed by atoms with Crippen molar-refractivity contribution in [2.24, 2.45) is 0 Å². The molecule has 1 aromatic heterocycles. The van der Waals surface area contributed by atoms with E-state index in [1.54, 1.807) is 6.20 Å². The summed E-state index contributed by atoms with van der Waals surface area (Å²) in [5, 5.41) is 3.83. The van der Waals surface area contributed by atoms with E-state index in [2.05, 4.69) is 21.5 Å². The van der Waals surface area contributed by atoms with Gasteiger partial charge in [-0.05, 0) is 31.9 Å². The zero-order valence-electron chi connectivity index (χ0n) is 12.5. The Morgan fingerprint density at radius 3 is 3.10 bits per heavy atom. The minimum Gasteiger partial charge on any atom is -0.348 e. The molecular formula is C15H24N4OS. The summed E-state index contributed by atoms with van der Waals surface area (Å²) >= 11 is 1.88. The number of aromatic nitrogens is 2. The number of H-pyrrole nitrogens is 1. The van der Waals surface area contributed by atoms with E-state index in [1.165, 1.54) is 12.8 Å². The predicted octanol–water partition coefficient (Wildman–Crippen LogP) is 2.58. The van der Waals surface area contributed by atoms with E-state index >= 15 is 0 Å². The number of carbonyl (C=O) groups is 1. The quantitative estimate of drug-likeness (QED) is 0.902. The third-order valence-electron chi connectivity index (χ3n) is 4.68. The van der Waals surface area contributed by atoms with E-state index in [9.17, 15) is 4.79 Å². The average molecular weight is 308 g/mol. The second kappa shape index (κ2) is 6.73. The summed E-state index contributed by atoms with van der Waals surface area (Å²) in [6.07, 6.45) is 11.5. The zero-order valence-corrected chi connectivity index (χ0v) is 13.4. The molecule has 3 atom stereocenters. The molecule has 0 radical (unpaired) electrons. The maximum atomic E-state index is 12.5. The van der Waals surface area contributed by atoms with Crippen molar-refractivity contribution in [2.75, 3.05) is 19.3 Å². The molecule has 6 heteroatoms. The van der Waals surface area contributed by atoms with Gasteiger partial charge in [-0.1, -0.05) is 6.42 Å². The van der Waals surface area contributed by atoms with Crippen molar-refractivity contribution >= 4 is 17.8 Å². The first kappa shape index (κ1) is 14.8. The molecule has 2 N–H and O–H groups in total. The van der Waals surface area contributed by atoms with Gasteiger partial charge < -0.3 is 15.2 Å². The lowest BCUT2D eigenvalue weighted by Crippen LogP contribution is -2.49. The largest absolute Gasteiger partial charge is 0.348 e. The van der Waals surface area contributed by atoms with Crippen molar-refractivity contribution < 1.29 is 4.79 Å². The van der Waals surface area contributed by atoms with Gasteiger partial charge in [0.25, 0.3) is 0 Å². The Hall–Kier alpha value is -1.17. The van der Waals surface area contributed by atoms with Crippen LogP contribution >= 0.6 is 11.8 Å². The van der Waals surface area contributed by atoms with Crippen molar-refractivity contribution in [3.8, 4) is 0 Å². The van der Waals surface area contributed by atoms with E-state index in [0.717, 1.165) is 38.2 Å². The molecule has 2 fully saturated rings. The molecule has 2 amide bonds. The van der Waals surface area contributed by atoms with Crippen LogP contribution in [0.2, 0.25) is 0 Å². The van der Waals surface area contributed by atoms with Crippen LogP contribution in [0.25, 0.3) is 0 Å². The van der Waals surface area contributed by atoms with Gasteiger partial charge in [0.15, 0.2) is 0 Å². The van der Waals surface area contributed by atoms with Crippen LogP contribution in [0.4, 0.5) is 4.79 Å². The number of amides is 2. The zero-order chi connectivity index (χ0) is 14.7. The molecule has 116 valence electrons. The fourth-order valence-electron chi connectivity index (χ4n) is 3.51. The van der Waals surface area contributed by atoms with Crippen molar-refractivity contribution in [2.45, 2.75) is 49.3 Å². The number of urea groups is 1. The third kappa shape index (κ3) is 3.36. The van der Waals surface area contributed by atoms with Gasteiger partial charge in [0.2, 0.25) is 0 Å². The van der Waals surface area contributed by atoms with Crippen LogP contribution in [-0.2, 0) is 0 Å². The molecule has 0 bridgehead atoms. The number of hydrogen-bond donors (Lipinski definition) is 2. The third-order valence-corrected chi connectivity index (χ3v) is 5.85. The number of hydrogen-bond acceptors (Lipinski definition) is 3. The molecular weight excluding hydrogens is 284 g/mol. The smallest absolute Gasteiger partial charge is 0.317 e. The topological polar surface area (TPSA) is 61.0 Å². The molecule has 3 rings (SSSR count).